The van der Waals surface area contributed by atoms with Gasteiger partial charge in [0.1, 0.15) is 6.04 Å². The summed E-state index contributed by atoms with van der Waals surface area (Å²) in [5, 5.41) is 6.70. The van der Waals surface area contributed by atoms with Crippen LogP contribution in [0.5, 0.6) is 0 Å². The molecule has 0 aliphatic heterocycles. The van der Waals surface area contributed by atoms with Gasteiger partial charge in [-0.05, 0) is 30.0 Å². The van der Waals surface area contributed by atoms with Gasteiger partial charge in [-0.3, -0.25) is 9.59 Å². The summed E-state index contributed by atoms with van der Waals surface area (Å²) in [4.78, 5) is 29.5. The fraction of sp³-hybridized carbons (Fsp3) is 0.571. The van der Waals surface area contributed by atoms with Crippen molar-refractivity contribution >= 4 is 33.4 Å². The number of nitrogens with one attached hydrogen (secondary N) is 2. The molecular formula is C21H32N4O2S. The van der Waals surface area contributed by atoms with Crippen molar-refractivity contribution in [2.24, 2.45) is 11.7 Å². The molecule has 4 N–H and O–H groups in total. The zero-order chi connectivity index (χ0) is 20.7. The summed E-state index contributed by atoms with van der Waals surface area (Å²) in [6, 6.07) is 5.47. The first-order chi connectivity index (χ1) is 13.4. The van der Waals surface area contributed by atoms with Crippen LogP contribution in [0.2, 0.25) is 0 Å². The van der Waals surface area contributed by atoms with Crippen LogP contribution < -0.4 is 16.4 Å². The Hall–Kier alpha value is -1.99. The van der Waals surface area contributed by atoms with Gasteiger partial charge in [0, 0.05) is 25.4 Å². The molecule has 154 valence electrons. The van der Waals surface area contributed by atoms with Crippen molar-refractivity contribution in [3.63, 3.8) is 0 Å². The Bertz CT molecular complexity index is 805. The molecule has 3 atom stereocenters. The van der Waals surface area contributed by atoms with Crippen LogP contribution in [0, 0.1) is 5.92 Å². The number of nitrogens with two attached hydrogens (primary N) is 1. The van der Waals surface area contributed by atoms with Crippen LogP contribution in [-0.2, 0) is 22.4 Å². The first-order valence-corrected chi connectivity index (χ1v) is 10.9. The molecule has 1 aromatic carbocycles. The number of benzene rings is 1. The van der Waals surface area contributed by atoms with Crippen molar-refractivity contribution in [2.45, 2.75) is 65.5 Å². The molecule has 2 aromatic rings. The Morgan fingerprint density at radius 3 is 2.57 bits per heavy atom. The monoisotopic (exact) mass is 404 g/mol. The summed E-state index contributed by atoms with van der Waals surface area (Å²) in [6.45, 7) is 8.40. The first kappa shape index (κ1) is 22.3. The summed E-state index contributed by atoms with van der Waals surface area (Å²) in [7, 11) is 0. The molecule has 0 radical (unpaired) electrons. The normalized spacial score (nSPS) is 14.5. The maximum absolute atomic E-state index is 12.9. The van der Waals surface area contributed by atoms with Gasteiger partial charge in [-0.25, -0.2) is 4.98 Å². The summed E-state index contributed by atoms with van der Waals surface area (Å²) < 4.78 is 1.11. The SMILES string of the molecule is CCC(=O)N[C@@H](Cc1nc2ccc(CC)cc2s1)C(=O)N[C@H](CN)[C@@H](C)CC. The zero-order valence-electron chi connectivity index (χ0n) is 17.2. The molecular weight excluding hydrogens is 372 g/mol. The predicted molar refractivity (Wildman–Crippen MR) is 115 cm³/mol. The van der Waals surface area contributed by atoms with Crippen LogP contribution in [0.25, 0.3) is 10.2 Å². The maximum Gasteiger partial charge on any atom is 0.243 e. The Morgan fingerprint density at radius 1 is 1.21 bits per heavy atom. The van der Waals surface area contributed by atoms with E-state index in [0.29, 0.717) is 19.4 Å². The van der Waals surface area contributed by atoms with E-state index in [-0.39, 0.29) is 23.8 Å². The van der Waals surface area contributed by atoms with Crippen molar-refractivity contribution in [1.82, 2.24) is 15.6 Å². The third kappa shape index (κ3) is 5.75. The summed E-state index contributed by atoms with van der Waals surface area (Å²) in [6.07, 6.45) is 2.59. The van der Waals surface area contributed by atoms with Crippen molar-refractivity contribution in [3.8, 4) is 0 Å². The lowest BCUT2D eigenvalue weighted by Crippen LogP contribution is -2.53. The molecule has 1 aromatic heterocycles. The number of rotatable bonds is 10. The lowest BCUT2D eigenvalue weighted by Gasteiger charge is -2.26. The number of amides is 2. The van der Waals surface area contributed by atoms with Gasteiger partial charge in [-0.15, -0.1) is 11.3 Å². The Morgan fingerprint density at radius 2 is 1.96 bits per heavy atom. The zero-order valence-corrected chi connectivity index (χ0v) is 18.1. The van der Waals surface area contributed by atoms with Crippen molar-refractivity contribution in [1.29, 1.82) is 0 Å². The molecule has 28 heavy (non-hydrogen) atoms. The van der Waals surface area contributed by atoms with Gasteiger partial charge in [-0.1, -0.05) is 40.2 Å². The highest BCUT2D eigenvalue weighted by Gasteiger charge is 2.26. The van der Waals surface area contributed by atoms with Crippen LogP contribution in [0.1, 0.15) is 51.1 Å². The van der Waals surface area contributed by atoms with Gasteiger partial charge in [0.05, 0.1) is 15.2 Å². The van der Waals surface area contributed by atoms with E-state index < -0.39 is 6.04 Å². The van der Waals surface area contributed by atoms with Gasteiger partial charge >= 0.3 is 0 Å². The minimum atomic E-state index is -0.656. The molecule has 0 fully saturated rings. The minimum Gasteiger partial charge on any atom is -0.350 e. The number of aryl methyl sites for hydroxylation is 1. The average molecular weight is 405 g/mol. The molecule has 6 nitrogen and oxygen atoms in total. The molecule has 0 saturated carbocycles. The first-order valence-electron chi connectivity index (χ1n) is 10.1. The molecule has 2 amide bonds. The predicted octanol–water partition coefficient (Wildman–Crippen LogP) is 2.79. The standard InChI is InChI=1S/C21H32N4O2S/c1-5-13(4)17(12-22)25-21(27)16(23-19(26)7-3)11-20-24-15-9-8-14(6-2)10-18(15)28-20/h8-10,13,16-17H,5-7,11-12,22H2,1-4H3,(H,23,26)(H,25,27)/t13-,16-,17+/m0/s1. The highest BCUT2D eigenvalue weighted by molar-refractivity contribution is 7.18. The van der Waals surface area contributed by atoms with Crippen LogP contribution in [0.4, 0.5) is 0 Å². The van der Waals surface area contributed by atoms with Gasteiger partial charge in [0.15, 0.2) is 0 Å². The largest absolute Gasteiger partial charge is 0.350 e. The fourth-order valence-corrected chi connectivity index (χ4v) is 4.08. The second kappa shape index (κ2) is 10.5. The molecule has 0 aliphatic carbocycles. The topological polar surface area (TPSA) is 97.1 Å². The number of carbonyl (C=O) groups is 2. The third-order valence-electron chi connectivity index (χ3n) is 5.17. The maximum atomic E-state index is 12.9. The Kier molecular flexibility index (Phi) is 8.38. The number of nitrogens with zero attached hydrogens (tertiary/aromatic N) is 1. The molecule has 0 spiro atoms. The lowest BCUT2D eigenvalue weighted by molar-refractivity contribution is -0.129. The van der Waals surface area contributed by atoms with Crippen LogP contribution in [-0.4, -0.2) is 35.4 Å². The van der Waals surface area contributed by atoms with Crippen molar-refractivity contribution in [3.05, 3.63) is 28.8 Å². The Balaban J connectivity index is 2.20. The van der Waals surface area contributed by atoms with Gasteiger partial charge in [0.2, 0.25) is 11.8 Å². The third-order valence-corrected chi connectivity index (χ3v) is 6.21. The number of fused-ring (bicyclic) bond motifs is 1. The number of hydrogen-bond donors (Lipinski definition) is 3. The summed E-state index contributed by atoms with van der Waals surface area (Å²) in [5.74, 6) is -0.0835. The summed E-state index contributed by atoms with van der Waals surface area (Å²) >= 11 is 1.58. The van der Waals surface area contributed by atoms with E-state index in [1.54, 1.807) is 18.3 Å². The van der Waals surface area contributed by atoms with E-state index in [9.17, 15) is 9.59 Å². The molecule has 0 unspecified atom stereocenters. The number of thiazole rings is 1. The highest BCUT2D eigenvalue weighted by Crippen LogP contribution is 2.24. The summed E-state index contributed by atoms with van der Waals surface area (Å²) in [5.41, 5.74) is 8.03. The second-order valence-corrected chi connectivity index (χ2v) is 8.29. The van der Waals surface area contributed by atoms with E-state index in [1.165, 1.54) is 5.56 Å². The molecule has 2 rings (SSSR count). The van der Waals surface area contributed by atoms with E-state index in [1.807, 2.05) is 6.07 Å². The molecule has 0 aliphatic rings. The van der Waals surface area contributed by atoms with Gasteiger partial charge < -0.3 is 16.4 Å². The van der Waals surface area contributed by atoms with E-state index >= 15 is 0 Å². The van der Waals surface area contributed by atoms with E-state index in [0.717, 1.165) is 28.1 Å². The smallest absolute Gasteiger partial charge is 0.243 e. The number of aromatic nitrogens is 1. The quantitative estimate of drug-likeness (QED) is 0.567. The van der Waals surface area contributed by atoms with Gasteiger partial charge in [-0.2, -0.15) is 0 Å². The fourth-order valence-electron chi connectivity index (χ4n) is 3.01. The average Bonchev–Trinajstić information content (AvgIpc) is 3.11. The van der Waals surface area contributed by atoms with Crippen LogP contribution in [0.3, 0.4) is 0 Å². The molecule has 1 heterocycles. The Labute approximate surface area is 171 Å². The molecule has 0 bridgehead atoms. The van der Waals surface area contributed by atoms with E-state index in [2.05, 4.69) is 48.5 Å². The van der Waals surface area contributed by atoms with Gasteiger partial charge in [0.25, 0.3) is 0 Å². The van der Waals surface area contributed by atoms with Crippen LogP contribution in [0.15, 0.2) is 18.2 Å². The second-order valence-electron chi connectivity index (χ2n) is 7.18. The molecule has 0 saturated heterocycles. The lowest BCUT2D eigenvalue weighted by atomic mass is 9.98. The molecule has 7 heteroatoms. The van der Waals surface area contributed by atoms with E-state index in [4.69, 9.17) is 5.73 Å². The number of hydrogen-bond acceptors (Lipinski definition) is 5. The number of carbonyl (C=O) groups excluding carboxylic acids is 2. The highest BCUT2D eigenvalue weighted by atomic mass is 32.1. The van der Waals surface area contributed by atoms with Crippen molar-refractivity contribution in [2.75, 3.05) is 6.54 Å². The van der Waals surface area contributed by atoms with Crippen LogP contribution >= 0.6 is 11.3 Å². The minimum absolute atomic E-state index is 0.110. The van der Waals surface area contributed by atoms with Crippen molar-refractivity contribution < 1.29 is 9.59 Å².